The third-order valence-corrected chi connectivity index (χ3v) is 3.88. The Kier molecular flexibility index (Phi) is 5.63. The normalized spacial score (nSPS) is 11.7. The molecule has 1 N–H and O–H groups in total. The summed E-state index contributed by atoms with van der Waals surface area (Å²) in [6, 6.07) is 13.2. The van der Waals surface area contributed by atoms with Gasteiger partial charge in [0, 0.05) is 5.56 Å². The Labute approximate surface area is 137 Å². The molecule has 0 spiro atoms. The summed E-state index contributed by atoms with van der Waals surface area (Å²) in [5.74, 6) is 1.23. The van der Waals surface area contributed by atoms with Crippen LogP contribution in [0.4, 0.5) is 0 Å². The summed E-state index contributed by atoms with van der Waals surface area (Å²) in [7, 11) is 3.20. The third kappa shape index (κ3) is 4.03. The number of carbonyl (C=O) groups excluding carboxylic acids is 1. The van der Waals surface area contributed by atoms with E-state index in [1.165, 1.54) is 5.56 Å². The second kappa shape index (κ2) is 7.68. The lowest BCUT2D eigenvalue weighted by Crippen LogP contribution is -2.26. The number of rotatable bonds is 6. The minimum Gasteiger partial charge on any atom is -0.493 e. The first kappa shape index (κ1) is 16.9. The number of benzene rings is 2. The molecule has 122 valence electrons. The zero-order chi connectivity index (χ0) is 16.8. The fourth-order valence-corrected chi connectivity index (χ4v) is 2.38. The van der Waals surface area contributed by atoms with Crippen LogP contribution in [0, 0.1) is 0 Å². The fourth-order valence-electron chi connectivity index (χ4n) is 2.38. The molecule has 0 aliphatic carbocycles. The van der Waals surface area contributed by atoms with Crippen LogP contribution in [0.25, 0.3) is 0 Å². The largest absolute Gasteiger partial charge is 0.493 e. The molecule has 0 radical (unpaired) electrons. The second-order valence-corrected chi connectivity index (χ2v) is 5.36. The van der Waals surface area contributed by atoms with Crippen LogP contribution in [0.5, 0.6) is 11.5 Å². The van der Waals surface area contributed by atoms with Gasteiger partial charge in [-0.3, -0.25) is 4.79 Å². The highest BCUT2D eigenvalue weighted by molar-refractivity contribution is 5.94. The van der Waals surface area contributed by atoms with Gasteiger partial charge in [0.2, 0.25) is 0 Å². The molecule has 0 bridgehead atoms. The molecule has 0 unspecified atom stereocenters. The zero-order valence-electron chi connectivity index (χ0n) is 14.1. The van der Waals surface area contributed by atoms with Crippen molar-refractivity contribution in [3.05, 3.63) is 59.2 Å². The number of hydrogen-bond acceptors (Lipinski definition) is 3. The molecule has 0 saturated carbocycles. The SMILES string of the molecule is CCc1ccc(C(=O)N[C@H](C)c2ccc(OC)c(OC)c2)cc1. The Morgan fingerprint density at radius 1 is 1.04 bits per heavy atom. The maximum absolute atomic E-state index is 12.3. The standard InChI is InChI=1S/C19H23NO3/c1-5-14-6-8-15(9-7-14)19(21)20-13(2)16-10-11-17(22-3)18(12-16)23-4/h6-13H,5H2,1-4H3,(H,20,21)/t13-/m1/s1. The van der Waals surface area contributed by atoms with Crippen molar-refractivity contribution in [2.75, 3.05) is 14.2 Å². The van der Waals surface area contributed by atoms with Gasteiger partial charge in [-0.05, 0) is 48.7 Å². The van der Waals surface area contributed by atoms with Crippen molar-refractivity contribution < 1.29 is 14.3 Å². The Morgan fingerprint density at radius 2 is 1.70 bits per heavy atom. The highest BCUT2D eigenvalue weighted by atomic mass is 16.5. The van der Waals surface area contributed by atoms with Gasteiger partial charge in [-0.1, -0.05) is 25.1 Å². The number of ether oxygens (including phenoxy) is 2. The molecule has 0 aliphatic heterocycles. The van der Waals surface area contributed by atoms with E-state index in [9.17, 15) is 4.79 Å². The minimum atomic E-state index is -0.131. The molecule has 0 saturated heterocycles. The van der Waals surface area contributed by atoms with Crippen molar-refractivity contribution in [1.82, 2.24) is 5.32 Å². The van der Waals surface area contributed by atoms with E-state index < -0.39 is 0 Å². The van der Waals surface area contributed by atoms with Crippen molar-refractivity contribution in [3.63, 3.8) is 0 Å². The maximum Gasteiger partial charge on any atom is 0.251 e. The lowest BCUT2D eigenvalue weighted by Gasteiger charge is -2.16. The molecular formula is C19H23NO3. The lowest BCUT2D eigenvalue weighted by molar-refractivity contribution is 0.0940. The molecule has 4 nitrogen and oxygen atoms in total. The van der Waals surface area contributed by atoms with Crippen LogP contribution in [0.1, 0.15) is 41.4 Å². The van der Waals surface area contributed by atoms with Crippen molar-refractivity contribution in [1.29, 1.82) is 0 Å². The molecule has 0 aromatic heterocycles. The van der Waals surface area contributed by atoms with Crippen LogP contribution in [0.2, 0.25) is 0 Å². The van der Waals surface area contributed by atoms with Gasteiger partial charge < -0.3 is 14.8 Å². The highest BCUT2D eigenvalue weighted by Crippen LogP contribution is 2.29. The monoisotopic (exact) mass is 313 g/mol. The third-order valence-electron chi connectivity index (χ3n) is 3.88. The van der Waals surface area contributed by atoms with Gasteiger partial charge in [0.05, 0.1) is 20.3 Å². The molecule has 2 aromatic rings. The Bertz CT molecular complexity index is 665. The number of aryl methyl sites for hydroxylation is 1. The smallest absolute Gasteiger partial charge is 0.251 e. The molecular weight excluding hydrogens is 290 g/mol. The van der Waals surface area contributed by atoms with Crippen molar-refractivity contribution in [2.24, 2.45) is 0 Å². The average molecular weight is 313 g/mol. The van der Waals surface area contributed by atoms with Crippen LogP contribution in [0.3, 0.4) is 0 Å². The number of hydrogen-bond donors (Lipinski definition) is 1. The predicted octanol–water partition coefficient (Wildman–Crippen LogP) is 3.76. The van der Waals surface area contributed by atoms with E-state index >= 15 is 0 Å². The first-order valence-electron chi connectivity index (χ1n) is 7.70. The summed E-state index contributed by atoms with van der Waals surface area (Å²) < 4.78 is 10.5. The molecule has 2 aromatic carbocycles. The Hall–Kier alpha value is -2.49. The van der Waals surface area contributed by atoms with Crippen LogP contribution >= 0.6 is 0 Å². The first-order chi connectivity index (χ1) is 11.1. The second-order valence-electron chi connectivity index (χ2n) is 5.36. The Balaban J connectivity index is 2.11. The number of methoxy groups -OCH3 is 2. The van der Waals surface area contributed by atoms with E-state index in [4.69, 9.17) is 9.47 Å². The van der Waals surface area contributed by atoms with E-state index in [1.807, 2.05) is 49.4 Å². The molecule has 0 aliphatic rings. The molecule has 0 heterocycles. The van der Waals surface area contributed by atoms with Gasteiger partial charge in [0.25, 0.3) is 5.91 Å². The number of nitrogens with one attached hydrogen (secondary N) is 1. The van der Waals surface area contributed by atoms with Crippen LogP contribution in [0.15, 0.2) is 42.5 Å². The van der Waals surface area contributed by atoms with Crippen LogP contribution in [-0.2, 0) is 6.42 Å². The number of carbonyl (C=O) groups is 1. The minimum absolute atomic E-state index is 0.0880. The summed E-state index contributed by atoms with van der Waals surface area (Å²) >= 11 is 0. The lowest BCUT2D eigenvalue weighted by atomic mass is 10.1. The molecule has 4 heteroatoms. The zero-order valence-corrected chi connectivity index (χ0v) is 14.1. The van der Waals surface area contributed by atoms with E-state index in [0.29, 0.717) is 17.1 Å². The van der Waals surface area contributed by atoms with Crippen LogP contribution in [-0.4, -0.2) is 20.1 Å². The molecule has 1 atom stereocenters. The van der Waals surface area contributed by atoms with Gasteiger partial charge in [-0.2, -0.15) is 0 Å². The van der Waals surface area contributed by atoms with Crippen molar-refractivity contribution >= 4 is 5.91 Å². The summed E-state index contributed by atoms with van der Waals surface area (Å²) in [5.41, 5.74) is 2.84. The van der Waals surface area contributed by atoms with Crippen LogP contribution < -0.4 is 14.8 Å². The van der Waals surface area contributed by atoms with E-state index in [0.717, 1.165) is 12.0 Å². The average Bonchev–Trinajstić information content (AvgIpc) is 2.60. The van der Waals surface area contributed by atoms with E-state index in [1.54, 1.807) is 14.2 Å². The molecule has 0 fully saturated rings. The summed E-state index contributed by atoms with van der Waals surface area (Å²) in [6.07, 6.45) is 0.962. The highest BCUT2D eigenvalue weighted by Gasteiger charge is 2.13. The summed E-state index contributed by atoms with van der Waals surface area (Å²) in [4.78, 5) is 12.3. The first-order valence-corrected chi connectivity index (χ1v) is 7.70. The predicted molar refractivity (Wildman–Crippen MR) is 91.2 cm³/mol. The molecule has 2 rings (SSSR count). The van der Waals surface area contributed by atoms with Gasteiger partial charge in [-0.15, -0.1) is 0 Å². The van der Waals surface area contributed by atoms with Gasteiger partial charge in [-0.25, -0.2) is 0 Å². The van der Waals surface area contributed by atoms with Gasteiger partial charge >= 0.3 is 0 Å². The molecule has 23 heavy (non-hydrogen) atoms. The van der Waals surface area contributed by atoms with Crippen molar-refractivity contribution in [3.8, 4) is 11.5 Å². The van der Waals surface area contributed by atoms with Gasteiger partial charge in [0.1, 0.15) is 0 Å². The summed E-state index contributed by atoms with van der Waals surface area (Å²) in [5, 5.41) is 3.00. The summed E-state index contributed by atoms with van der Waals surface area (Å²) in [6.45, 7) is 4.04. The van der Waals surface area contributed by atoms with Crippen molar-refractivity contribution in [2.45, 2.75) is 26.3 Å². The topological polar surface area (TPSA) is 47.6 Å². The maximum atomic E-state index is 12.3. The quantitative estimate of drug-likeness (QED) is 0.883. The Morgan fingerprint density at radius 3 is 2.26 bits per heavy atom. The number of amides is 1. The van der Waals surface area contributed by atoms with Gasteiger partial charge in [0.15, 0.2) is 11.5 Å². The molecule has 1 amide bonds. The van der Waals surface area contributed by atoms with E-state index in [2.05, 4.69) is 12.2 Å². The van der Waals surface area contributed by atoms with E-state index in [-0.39, 0.29) is 11.9 Å². The fraction of sp³-hybridized carbons (Fsp3) is 0.316.